The third kappa shape index (κ3) is 5.00. The summed E-state index contributed by atoms with van der Waals surface area (Å²) >= 11 is 3.53. The quantitative estimate of drug-likeness (QED) is 0.387. The standard InChI is InChI=1S/C25H24BrN5O2/c1-29-10-12-30(13-11-29)25(32)19(16-27)14-20-17-31(21-6-4-3-5-7-21)28-24(20)18-8-9-23(33-2)22(26)15-18/h3-9,14-15,17H,10-13H2,1-2H3. The zero-order chi connectivity index (χ0) is 23.4. The minimum Gasteiger partial charge on any atom is -0.496 e. The van der Waals surface area contributed by atoms with Crippen molar-refractivity contribution < 1.29 is 9.53 Å². The van der Waals surface area contributed by atoms with Crippen molar-refractivity contribution in [2.45, 2.75) is 0 Å². The summed E-state index contributed by atoms with van der Waals surface area (Å²) in [4.78, 5) is 17.0. The fourth-order valence-corrected chi connectivity index (χ4v) is 4.26. The van der Waals surface area contributed by atoms with E-state index < -0.39 is 0 Å². The molecule has 8 heteroatoms. The van der Waals surface area contributed by atoms with E-state index in [-0.39, 0.29) is 11.5 Å². The van der Waals surface area contributed by atoms with Gasteiger partial charge in [0.05, 0.1) is 17.3 Å². The molecule has 0 atom stereocenters. The maximum Gasteiger partial charge on any atom is 0.264 e. The van der Waals surface area contributed by atoms with Gasteiger partial charge in [-0.3, -0.25) is 4.79 Å². The molecule has 2 heterocycles. The minimum absolute atomic E-state index is 0.0981. The summed E-state index contributed by atoms with van der Waals surface area (Å²) in [5.74, 6) is 0.459. The molecule has 1 saturated heterocycles. The van der Waals surface area contributed by atoms with Crippen molar-refractivity contribution in [3.8, 4) is 28.8 Å². The topological polar surface area (TPSA) is 74.4 Å². The first kappa shape index (κ1) is 22.8. The van der Waals surface area contributed by atoms with Gasteiger partial charge in [0.1, 0.15) is 23.1 Å². The van der Waals surface area contributed by atoms with Crippen LogP contribution in [0.4, 0.5) is 0 Å². The molecule has 7 nitrogen and oxygen atoms in total. The average Bonchev–Trinajstić information content (AvgIpc) is 3.27. The summed E-state index contributed by atoms with van der Waals surface area (Å²) in [7, 11) is 3.64. The number of aromatic nitrogens is 2. The molecule has 168 valence electrons. The lowest BCUT2D eigenvalue weighted by molar-refractivity contribution is -0.128. The van der Waals surface area contributed by atoms with Gasteiger partial charge >= 0.3 is 0 Å². The number of amides is 1. The third-order valence-corrected chi connectivity index (χ3v) is 6.25. The molecule has 33 heavy (non-hydrogen) atoms. The van der Waals surface area contributed by atoms with Crippen molar-refractivity contribution >= 4 is 27.9 Å². The first-order valence-corrected chi connectivity index (χ1v) is 11.4. The molecule has 1 aliphatic rings. The predicted molar refractivity (Wildman–Crippen MR) is 131 cm³/mol. The van der Waals surface area contributed by atoms with E-state index in [1.165, 1.54) is 0 Å². The zero-order valence-electron chi connectivity index (χ0n) is 18.5. The molecule has 1 amide bonds. The highest BCUT2D eigenvalue weighted by atomic mass is 79.9. The normalized spacial score (nSPS) is 14.7. The Morgan fingerprint density at radius 2 is 1.88 bits per heavy atom. The molecule has 0 bridgehead atoms. The second-order valence-electron chi connectivity index (χ2n) is 7.83. The molecule has 2 aromatic carbocycles. The van der Waals surface area contributed by atoms with Crippen LogP contribution >= 0.6 is 15.9 Å². The molecular formula is C25H24BrN5O2. The Labute approximate surface area is 201 Å². The van der Waals surface area contributed by atoms with Gasteiger partial charge in [0.2, 0.25) is 0 Å². The molecular weight excluding hydrogens is 482 g/mol. The minimum atomic E-state index is -0.250. The van der Waals surface area contributed by atoms with E-state index in [9.17, 15) is 10.1 Å². The molecule has 1 aliphatic heterocycles. The van der Waals surface area contributed by atoms with Crippen LogP contribution in [0.1, 0.15) is 5.56 Å². The summed E-state index contributed by atoms with van der Waals surface area (Å²) in [5, 5.41) is 14.6. The van der Waals surface area contributed by atoms with Crippen molar-refractivity contribution in [2.75, 3.05) is 40.3 Å². The molecule has 1 aromatic heterocycles. The van der Waals surface area contributed by atoms with E-state index in [2.05, 4.69) is 26.9 Å². The van der Waals surface area contributed by atoms with Crippen LogP contribution < -0.4 is 4.74 Å². The number of nitrogens with zero attached hydrogens (tertiary/aromatic N) is 5. The molecule has 0 saturated carbocycles. The lowest BCUT2D eigenvalue weighted by Gasteiger charge is -2.32. The average molecular weight is 506 g/mol. The van der Waals surface area contributed by atoms with Gasteiger partial charge in [-0.1, -0.05) is 18.2 Å². The molecule has 0 unspecified atom stereocenters. The SMILES string of the molecule is COc1ccc(-c2nn(-c3ccccc3)cc2C=C(C#N)C(=O)N2CCN(C)CC2)cc1Br. The second-order valence-corrected chi connectivity index (χ2v) is 8.68. The lowest BCUT2D eigenvalue weighted by Crippen LogP contribution is -2.47. The number of methoxy groups -OCH3 is 1. The number of hydrogen-bond acceptors (Lipinski definition) is 5. The van der Waals surface area contributed by atoms with Crippen LogP contribution in [0.15, 0.2) is 64.8 Å². The first-order chi connectivity index (χ1) is 16.0. The third-order valence-electron chi connectivity index (χ3n) is 5.63. The van der Waals surface area contributed by atoms with Crippen molar-refractivity contribution in [1.82, 2.24) is 19.6 Å². The smallest absolute Gasteiger partial charge is 0.264 e. The van der Waals surface area contributed by atoms with Gasteiger partial charge in [-0.15, -0.1) is 0 Å². The first-order valence-electron chi connectivity index (χ1n) is 10.6. The van der Waals surface area contributed by atoms with Gasteiger partial charge in [0.15, 0.2) is 0 Å². The Balaban J connectivity index is 1.77. The van der Waals surface area contributed by atoms with E-state index >= 15 is 0 Å². The van der Waals surface area contributed by atoms with Crippen molar-refractivity contribution in [1.29, 1.82) is 5.26 Å². The van der Waals surface area contributed by atoms with Crippen molar-refractivity contribution in [3.05, 3.63) is 70.3 Å². The van der Waals surface area contributed by atoms with E-state index in [0.29, 0.717) is 30.1 Å². The highest BCUT2D eigenvalue weighted by molar-refractivity contribution is 9.10. The van der Waals surface area contributed by atoms with Gasteiger partial charge in [0.25, 0.3) is 5.91 Å². The molecule has 1 fully saturated rings. The van der Waals surface area contributed by atoms with Gasteiger partial charge < -0.3 is 14.5 Å². The monoisotopic (exact) mass is 505 g/mol. The number of halogens is 1. The number of nitriles is 1. The Bertz CT molecular complexity index is 1220. The van der Waals surface area contributed by atoms with Gasteiger partial charge in [-0.2, -0.15) is 10.4 Å². The number of piperazine rings is 1. The van der Waals surface area contributed by atoms with Crippen LogP contribution in [0.3, 0.4) is 0 Å². The number of carbonyl (C=O) groups excluding carboxylic acids is 1. The van der Waals surface area contributed by atoms with E-state index in [0.717, 1.165) is 28.8 Å². The number of likely N-dealkylation sites (N-methyl/N-ethyl adjacent to an activating group) is 1. The number of hydrogen-bond donors (Lipinski definition) is 0. The van der Waals surface area contributed by atoms with E-state index in [4.69, 9.17) is 9.84 Å². The molecule has 3 aromatic rings. The largest absolute Gasteiger partial charge is 0.496 e. The maximum absolute atomic E-state index is 13.1. The van der Waals surface area contributed by atoms with Crippen LogP contribution in [0.2, 0.25) is 0 Å². The fraction of sp³-hybridized carbons (Fsp3) is 0.240. The lowest BCUT2D eigenvalue weighted by atomic mass is 10.1. The van der Waals surface area contributed by atoms with E-state index in [1.54, 1.807) is 22.8 Å². The summed E-state index contributed by atoms with van der Waals surface area (Å²) in [6.45, 7) is 2.80. The number of carbonyl (C=O) groups is 1. The van der Waals surface area contributed by atoms with Gasteiger partial charge in [-0.25, -0.2) is 4.68 Å². The van der Waals surface area contributed by atoms with Crippen LogP contribution in [-0.2, 0) is 4.79 Å². The number of ether oxygens (including phenoxy) is 1. The number of benzene rings is 2. The number of para-hydroxylation sites is 1. The summed E-state index contributed by atoms with van der Waals surface area (Å²) in [5.41, 5.74) is 3.18. The molecule has 4 rings (SSSR count). The van der Waals surface area contributed by atoms with Crippen LogP contribution in [0.5, 0.6) is 5.75 Å². The highest BCUT2D eigenvalue weighted by Crippen LogP contribution is 2.32. The highest BCUT2D eigenvalue weighted by Gasteiger charge is 2.23. The Morgan fingerprint density at radius 1 is 1.15 bits per heavy atom. The summed E-state index contributed by atoms with van der Waals surface area (Å²) in [6.07, 6.45) is 3.48. The number of rotatable bonds is 5. The molecule has 0 spiro atoms. The van der Waals surface area contributed by atoms with Crippen molar-refractivity contribution in [3.63, 3.8) is 0 Å². The van der Waals surface area contributed by atoms with Crippen molar-refractivity contribution in [2.24, 2.45) is 0 Å². The zero-order valence-corrected chi connectivity index (χ0v) is 20.1. The summed E-state index contributed by atoms with van der Waals surface area (Å²) in [6, 6.07) is 17.5. The molecule has 0 aliphatic carbocycles. The maximum atomic E-state index is 13.1. The Hall–Kier alpha value is -3.41. The Kier molecular flexibility index (Phi) is 6.92. The molecule has 0 radical (unpaired) electrons. The second kappa shape index (κ2) is 10.0. The molecule has 0 N–H and O–H groups in total. The van der Waals surface area contributed by atoms with Crippen LogP contribution in [0, 0.1) is 11.3 Å². The fourth-order valence-electron chi connectivity index (χ4n) is 3.72. The van der Waals surface area contributed by atoms with E-state index in [1.807, 2.05) is 61.8 Å². The van der Waals surface area contributed by atoms with Gasteiger partial charge in [-0.05, 0) is 59.4 Å². The Morgan fingerprint density at radius 3 is 2.52 bits per heavy atom. The summed E-state index contributed by atoms with van der Waals surface area (Å²) < 4.78 is 7.90. The van der Waals surface area contributed by atoms with Gasteiger partial charge in [0, 0.05) is 43.5 Å². The van der Waals surface area contributed by atoms with Crippen LogP contribution in [0.25, 0.3) is 23.0 Å². The predicted octanol–water partition coefficient (Wildman–Crippen LogP) is 3.99. The van der Waals surface area contributed by atoms with Crippen LogP contribution in [-0.4, -0.2) is 65.8 Å².